The van der Waals surface area contributed by atoms with E-state index in [-0.39, 0.29) is 5.69 Å². The minimum absolute atomic E-state index is 0.0745. The summed E-state index contributed by atoms with van der Waals surface area (Å²) in [6.45, 7) is 1.96. The summed E-state index contributed by atoms with van der Waals surface area (Å²) in [6, 6.07) is 9.74. The number of amides is 2. The number of carboxylic acid groups (broad SMARTS) is 1. The fourth-order valence-electron chi connectivity index (χ4n) is 1.52. The average Bonchev–Trinajstić information content (AvgIpc) is 2.42. The zero-order chi connectivity index (χ0) is 14.5. The fraction of sp³-hybridized carbons (Fsp3) is 0.0714. The van der Waals surface area contributed by atoms with E-state index < -0.39 is 12.0 Å². The first kappa shape index (κ1) is 13.5. The van der Waals surface area contributed by atoms with Gasteiger partial charge in [-0.3, -0.25) is 0 Å². The molecular formula is C14H13N3O3. The number of aryl methyl sites for hydroxylation is 1. The molecule has 0 saturated carbocycles. The normalized spacial score (nSPS) is 9.85. The van der Waals surface area contributed by atoms with E-state index in [4.69, 9.17) is 5.11 Å². The van der Waals surface area contributed by atoms with Crippen LogP contribution >= 0.6 is 0 Å². The van der Waals surface area contributed by atoms with E-state index >= 15 is 0 Å². The molecule has 0 aliphatic carbocycles. The third-order valence-electron chi connectivity index (χ3n) is 2.55. The Morgan fingerprint density at radius 3 is 2.15 bits per heavy atom. The van der Waals surface area contributed by atoms with E-state index in [1.165, 1.54) is 18.3 Å². The molecule has 20 heavy (non-hydrogen) atoms. The Balaban J connectivity index is 1.97. The van der Waals surface area contributed by atoms with Crippen LogP contribution in [0.2, 0.25) is 0 Å². The van der Waals surface area contributed by atoms with Crippen molar-refractivity contribution in [1.82, 2.24) is 4.98 Å². The van der Waals surface area contributed by atoms with Crippen LogP contribution in [-0.4, -0.2) is 22.1 Å². The largest absolute Gasteiger partial charge is 0.477 e. The molecule has 0 aliphatic heterocycles. The van der Waals surface area contributed by atoms with Crippen LogP contribution in [0.15, 0.2) is 42.6 Å². The van der Waals surface area contributed by atoms with Gasteiger partial charge >= 0.3 is 12.0 Å². The molecule has 102 valence electrons. The molecule has 0 radical (unpaired) electrons. The first-order chi connectivity index (χ1) is 9.54. The quantitative estimate of drug-likeness (QED) is 0.800. The molecule has 0 unspecified atom stereocenters. The third kappa shape index (κ3) is 3.55. The summed E-state index contributed by atoms with van der Waals surface area (Å²) >= 11 is 0. The lowest BCUT2D eigenvalue weighted by atomic mass is 10.2. The second-order valence-electron chi connectivity index (χ2n) is 4.18. The summed E-state index contributed by atoms with van der Waals surface area (Å²) in [5, 5.41) is 13.9. The van der Waals surface area contributed by atoms with Crippen LogP contribution in [0.5, 0.6) is 0 Å². The van der Waals surface area contributed by atoms with Crippen molar-refractivity contribution in [1.29, 1.82) is 0 Å². The number of carbonyl (C=O) groups excluding carboxylic acids is 1. The number of aromatic carboxylic acids is 1. The molecule has 1 aromatic carbocycles. The number of nitrogens with zero attached hydrogens (tertiary/aromatic N) is 1. The SMILES string of the molecule is Cc1ccc(NC(=O)Nc2ccc(C(=O)O)nc2)cc1. The molecule has 0 atom stereocenters. The molecule has 6 nitrogen and oxygen atoms in total. The lowest BCUT2D eigenvalue weighted by molar-refractivity contribution is 0.0690. The van der Waals surface area contributed by atoms with Gasteiger partial charge in [0.1, 0.15) is 5.69 Å². The van der Waals surface area contributed by atoms with Gasteiger partial charge in [0.15, 0.2) is 0 Å². The number of hydrogen-bond donors (Lipinski definition) is 3. The Kier molecular flexibility index (Phi) is 3.95. The molecule has 0 aliphatic rings. The van der Waals surface area contributed by atoms with Crippen molar-refractivity contribution < 1.29 is 14.7 Å². The Hall–Kier alpha value is -2.89. The Bertz CT molecular complexity index is 621. The van der Waals surface area contributed by atoms with Crippen LogP contribution in [0.3, 0.4) is 0 Å². The molecule has 1 heterocycles. The summed E-state index contributed by atoms with van der Waals surface area (Å²) in [5.41, 5.74) is 2.11. The molecule has 0 saturated heterocycles. The van der Waals surface area contributed by atoms with E-state index in [0.29, 0.717) is 11.4 Å². The number of rotatable bonds is 3. The average molecular weight is 271 g/mol. The number of urea groups is 1. The van der Waals surface area contributed by atoms with Crippen LogP contribution in [-0.2, 0) is 0 Å². The minimum Gasteiger partial charge on any atom is -0.477 e. The second-order valence-corrected chi connectivity index (χ2v) is 4.18. The van der Waals surface area contributed by atoms with Crippen molar-refractivity contribution in [2.24, 2.45) is 0 Å². The molecule has 2 aromatic rings. The maximum Gasteiger partial charge on any atom is 0.354 e. The highest BCUT2D eigenvalue weighted by Gasteiger charge is 2.06. The lowest BCUT2D eigenvalue weighted by Crippen LogP contribution is -2.19. The predicted molar refractivity (Wildman–Crippen MR) is 75.0 cm³/mol. The molecule has 2 amide bonds. The second kappa shape index (κ2) is 5.83. The molecule has 1 aromatic heterocycles. The van der Waals surface area contributed by atoms with Crippen LogP contribution in [0.25, 0.3) is 0 Å². The number of pyridine rings is 1. The predicted octanol–water partition coefficient (Wildman–Crippen LogP) is 2.73. The zero-order valence-electron chi connectivity index (χ0n) is 10.8. The highest BCUT2D eigenvalue weighted by molar-refractivity contribution is 5.99. The third-order valence-corrected chi connectivity index (χ3v) is 2.55. The van der Waals surface area contributed by atoms with Crippen molar-refractivity contribution in [3.05, 3.63) is 53.9 Å². The number of carboxylic acids is 1. The molecule has 2 rings (SSSR count). The van der Waals surface area contributed by atoms with Crippen LogP contribution in [0.1, 0.15) is 16.1 Å². The van der Waals surface area contributed by atoms with E-state index in [2.05, 4.69) is 15.6 Å². The van der Waals surface area contributed by atoms with Gasteiger partial charge in [0.25, 0.3) is 0 Å². The van der Waals surface area contributed by atoms with Crippen molar-refractivity contribution in [3.8, 4) is 0 Å². The first-order valence-electron chi connectivity index (χ1n) is 5.88. The number of aromatic nitrogens is 1. The van der Waals surface area contributed by atoms with Gasteiger partial charge in [-0.1, -0.05) is 17.7 Å². The van der Waals surface area contributed by atoms with Gasteiger partial charge in [-0.15, -0.1) is 0 Å². The Morgan fingerprint density at radius 1 is 1.00 bits per heavy atom. The maximum absolute atomic E-state index is 11.7. The zero-order valence-corrected chi connectivity index (χ0v) is 10.8. The van der Waals surface area contributed by atoms with Gasteiger partial charge in [0, 0.05) is 5.69 Å². The summed E-state index contributed by atoms with van der Waals surface area (Å²) in [4.78, 5) is 26.1. The summed E-state index contributed by atoms with van der Waals surface area (Å²) < 4.78 is 0. The van der Waals surface area contributed by atoms with E-state index in [9.17, 15) is 9.59 Å². The van der Waals surface area contributed by atoms with Gasteiger partial charge in [0.05, 0.1) is 11.9 Å². The summed E-state index contributed by atoms with van der Waals surface area (Å²) in [7, 11) is 0. The van der Waals surface area contributed by atoms with Gasteiger partial charge in [-0.05, 0) is 31.2 Å². The minimum atomic E-state index is -1.11. The fourth-order valence-corrected chi connectivity index (χ4v) is 1.52. The molecule has 6 heteroatoms. The van der Waals surface area contributed by atoms with Gasteiger partial charge in [-0.2, -0.15) is 0 Å². The van der Waals surface area contributed by atoms with Crippen molar-refractivity contribution in [2.75, 3.05) is 10.6 Å². The first-order valence-corrected chi connectivity index (χ1v) is 5.88. The lowest BCUT2D eigenvalue weighted by Gasteiger charge is -2.07. The molecule has 0 fully saturated rings. The van der Waals surface area contributed by atoms with Crippen LogP contribution < -0.4 is 10.6 Å². The number of nitrogens with one attached hydrogen (secondary N) is 2. The topological polar surface area (TPSA) is 91.3 Å². The Morgan fingerprint density at radius 2 is 1.60 bits per heavy atom. The smallest absolute Gasteiger partial charge is 0.354 e. The van der Waals surface area contributed by atoms with Crippen LogP contribution in [0.4, 0.5) is 16.2 Å². The van der Waals surface area contributed by atoms with Crippen molar-refractivity contribution in [2.45, 2.75) is 6.92 Å². The monoisotopic (exact) mass is 271 g/mol. The summed E-state index contributed by atoms with van der Waals surface area (Å²) in [6.07, 6.45) is 1.29. The highest BCUT2D eigenvalue weighted by atomic mass is 16.4. The van der Waals surface area contributed by atoms with Gasteiger partial charge in [0.2, 0.25) is 0 Å². The highest BCUT2D eigenvalue weighted by Crippen LogP contribution is 2.10. The summed E-state index contributed by atoms with van der Waals surface area (Å²) in [5.74, 6) is -1.11. The number of carbonyl (C=O) groups is 2. The molecule has 0 spiro atoms. The standard InChI is InChI=1S/C14H13N3O3/c1-9-2-4-10(5-3-9)16-14(20)17-11-6-7-12(13(18)19)15-8-11/h2-8H,1H3,(H,18,19)(H2,16,17,20). The van der Waals surface area contributed by atoms with E-state index in [1.807, 2.05) is 19.1 Å². The van der Waals surface area contributed by atoms with Gasteiger partial charge < -0.3 is 15.7 Å². The van der Waals surface area contributed by atoms with Crippen molar-refractivity contribution >= 4 is 23.4 Å². The maximum atomic E-state index is 11.7. The molecular weight excluding hydrogens is 258 g/mol. The van der Waals surface area contributed by atoms with Crippen LogP contribution in [0, 0.1) is 6.92 Å². The number of anilines is 2. The van der Waals surface area contributed by atoms with Gasteiger partial charge in [-0.25, -0.2) is 14.6 Å². The number of hydrogen-bond acceptors (Lipinski definition) is 3. The van der Waals surface area contributed by atoms with E-state index in [0.717, 1.165) is 5.56 Å². The molecule has 3 N–H and O–H groups in total. The van der Waals surface area contributed by atoms with E-state index in [1.54, 1.807) is 12.1 Å². The Labute approximate surface area is 115 Å². The van der Waals surface area contributed by atoms with Crippen molar-refractivity contribution in [3.63, 3.8) is 0 Å². The number of benzene rings is 1. The molecule has 0 bridgehead atoms.